The molecule has 0 spiro atoms. The van der Waals surface area contributed by atoms with Gasteiger partial charge in [0.15, 0.2) is 0 Å². The molecular formula is C9H17N. The molecule has 0 radical (unpaired) electrons. The zero-order valence-corrected chi connectivity index (χ0v) is 6.90. The van der Waals surface area contributed by atoms with E-state index in [2.05, 4.69) is 11.9 Å². The molecule has 0 aromatic carbocycles. The van der Waals surface area contributed by atoms with Crippen LogP contribution in [0.15, 0.2) is 4.99 Å². The Balaban J connectivity index is 2.29. The van der Waals surface area contributed by atoms with Crippen molar-refractivity contribution in [2.24, 2.45) is 4.99 Å². The van der Waals surface area contributed by atoms with Crippen LogP contribution < -0.4 is 0 Å². The Bertz CT molecular complexity index is 116. The first-order valence-electron chi connectivity index (χ1n) is 4.39. The van der Waals surface area contributed by atoms with E-state index in [4.69, 9.17) is 0 Å². The van der Waals surface area contributed by atoms with Crippen molar-refractivity contribution in [2.45, 2.75) is 45.4 Å². The highest BCUT2D eigenvalue weighted by atomic mass is 14.7. The highest BCUT2D eigenvalue weighted by Crippen LogP contribution is 2.08. The van der Waals surface area contributed by atoms with E-state index >= 15 is 0 Å². The molecule has 0 bridgehead atoms. The van der Waals surface area contributed by atoms with E-state index in [-0.39, 0.29) is 0 Å². The second-order valence-corrected chi connectivity index (χ2v) is 3.13. The first-order valence-corrected chi connectivity index (χ1v) is 4.39. The number of hydrogen-bond donors (Lipinski definition) is 0. The van der Waals surface area contributed by atoms with E-state index in [0.29, 0.717) is 0 Å². The van der Waals surface area contributed by atoms with Crippen LogP contribution >= 0.6 is 0 Å². The second-order valence-electron chi connectivity index (χ2n) is 3.13. The summed E-state index contributed by atoms with van der Waals surface area (Å²) in [5.74, 6) is 0. The Morgan fingerprint density at radius 1 is 1.00 bits per heavy atom. The number of aliphatic imine (C=N–C) groups is 1. The maximum absolute atomic E-state index is 4.46. The summed E-state index contributed by atoms with van der Waals surface area (Å²) in [6, 6.07) is 0. The molecule has 1 heterocycles. The third-order valence-electron chi connectivity index (χ3n) is 2.08. The quantitative estimate of drug-likeness (QED) is 0.489. The summed E-state index contributed by atoms with van der Waals surface area (Å²) in [5.41, 5.74) is 1.36. The van der Waals surface area contributed by atoms with Crippen LogP contribution in [-0.2, 0) is 0 Å². The van der Waals surface area contributed by atoms with Crippen LogP contribution in [0.1, 0.15) is 45.4 Å². The lowest BCUT2D eigenvalue weighted by Gasteiger charge is -1.95. The molecule has 0 aromatic rings. The van der Waals surface area contributed by atoms with E-state index in [0.717, 1.165) is 6.54 Å². The van der Waals surface area contributed by atoms with Gasteiger partial charge < -0.3 is 0 Å². The predicted molar refractivity (Wildman–Crippen MR) is 45.7 cm³/mol. The van der Waals surface area contributed by atoms with Gasteiger partial charge in [-0.15, -0.1) is 0 Å². The minimum absolute atomic E-state index is 1.08. The Labute approximate surface area is 63.5 Å². The SMILES string of the molecule is C/C1=N/CCCCCCC1. The van der Waals surface area contributed by atoms with Crippen LogP contribution in [0.5, 0.6) is 0 Å². The summed E-state index contributed by atoms with van der Waals surface area (Å²) in [5, 5.41) is 0. The van der Waals surface area contributed by atoms with Gasteiger partial charge in [0.1, 0.15) is 0 Å². The Morgan fingerprint density at radius 3 is 2.60 bits per heavy atom. The fraction of sp³-hybridized carbons (Fsp3) is 0.889. The van der Waals surface area contributed by atoms with E-state index in [1.54, 1.807) is 0 Å². The van der Waals surface area contributed by atoms with Crippen LogP contribution in [0.2, 0.25) is 0 Å². The van der Waals surface area contributed by atoms with Gasteiger partial charge in [-0.3, -0.25) is 4.99 Å². The maximum atomic E-state index is 4.46. The average Bonchev–Trinajstić information content (AvgIpc) is 2.02. The van der Waals surface area contributed by atoms with Crippen LogP contribution in [0, 0.1) is 0 Å². The summed E-state index contributed by atoms with van der Waals surface area (Å²) in [4.78, 5) is 4.46. The number of nitrogens with zero attached hydrogens (tertiary/aromatic N) is 1. The Morgan fingerprint density at radius 2 is 1.70 bits per heavy atom. The minimum atomic E-state index is 1.08. The van der Waals surface area contributed by atoms with Crippen LogP contribution in [0.3, 0.4) is 0 Å². The Kier molecular flexibility index (Phi) is 3.48. The lowest BCUT2D eigenvalue weighted by atomic mass is 10.1. The smallest absolute Gasteiger partial charge is 0.0388 e. The normalized spacial score (nSPS) is 27.5. The van der Waals surface area contributed by atoms with Gasteiger partial charge in [-0.1, -0.05) is 19.3 Å². The van der Waals surface area contributed by atoms with Crippen LogP contribution in [0.25, 0.3) is 0 Å². The highest BCUT2D eigenvalue weighted by Gasteiger charge is 1.96. The number of hydrogen-bond acceptors (Lipinski definition) is 1. The molecule has 1 rings (SSSR count). The van der Waals surface area contributed by atoms with Crippen molar-refractivity contribution in [3.63, 3.8) is 0 Å². The van der Waals surface area contributed by atoms with Gasteiger partial charge in [0.25, 0.3) is 0 Å². The molecule has 58 valence electrons. The predicted octanol–water partition coefficient (Wildman–Crippen LogP) is 2.80. The van der Waals surface area contributed by atoms with Crippen molar-refractivity contribution in [1.82, 2.24) is 0 Å². The number of rotatable bonds is 0. The first kappa shape index (κ1) is 7.77. The molecule has 1 aliphatic heterocycles. The van der Waals surface area contributed by atoms with E-state index < -0.39 is 0 Å². The fourth-order valence-corrected chi connectivity index (χ4v) is 1.37. The third-order valence-corrected chi connectivity index (χ3v) is 2.08. The summed E-state index contributed by atoms with van der Waals surface area (Å²) >= 11 is 0. The molecule has 10 heavy (non-hydrogen) atoms. The Hall–Kier alpha value is -0.330. The summed E-state index contributed by atoms with van der Waals surface area (Å²) in [7, 11) is 0. The molecule has 0 atom stereocenters. The standard InChI is InChI=1S/C9H17N/c1-9-7-5-3-2-4-6-8-10-9/h2-8H2,1H3/b10-9-. The molecule has 1 nitrogen and oxygen atoms in total. The maximum Gasteiger partial charge on any atom is 0.0388 e. The zero-order valence-electron chi connectivity index (χ0n) is 6.90. The van der Waals surface area contributed by atoms with E-state index in [1.807, 2.05) is 0 Å². The molecule has 0 saturated carbocycles. The van der Waals surface area contributed by atoms with Gasteiger partial charge in [-0.05, 0) is 26.2 Å². The lowest BCUT2D eigenvalue weighted by molar-refractivity contribution is 0.639. The van der Waals surface area contributed by atoms with Gasteiger partial charge in [0, 0.05) is 12.3 Å². The highest BCUT2D eigenvalue weighted by molar-refractivity contribution is 5.81. The van der Waals surface area contributed by atoms with Gasteiger partial charge in [0.2, 0.25) is 0 Å². The summed E-state index contributed by atoms with van der Waals surface area (Å²) in [6.07, 6.45) is 8.11. The van der Waals surface area contributed by atoms with Gasteiger partial charge >= 0.3 is 0 Å². The van der Waals surface area contributed by atoms with Crippen molar-refractivity contribution in [3.05, 3.63) is 0 Å². The van der Waals surface area contributed by atoms with Crippen molar-refractivity contribution < 1.29 is 0 Å². The molecule has 1 aliphatic rings. The molecule has 1 heteroatoms. The molecule has 0 amide bonds. The topological polar surface area (TPSA) is 12.4 Å². The fourth-order valence-electron chi connectivity index (χ4n) is 1.37. The first-order chi connectivity index (χ1) is 4.89. The minimum Gasteiger partial charge on any atom is -0.294 e. The molecule has 0 aliphatic carbocycles. The summed E-state index contributed by atoms with van der Waals surface area (Å²) in [6.45, 7) is 3.23. The monoisotopic (exact) mass is 139 g/mol. The average molecular weight is 139 g/mol. The third kappa shape index (κ3) is 3.00. The van der Waals surface area contributed by atoms with Crippen molar-refractivity contribution in [2.75, 3.05) is 6.54 Å². The molecule has 0 aromatic heterocycles. The van der Waals surface area contributed by atoms with Gasteiger partial charge in [0.05, 0.1) is 0 Å². The van der Waals surface area contributed by atoms with Crippen molar-refractivity contribution in [3.8, 4) is 0 Å². The van der Waals surface area contributed by atoms with Crippen molar-refractivity contribution >= 4 is 5.71 Å². The van der Waals surface area contributed by atoms with Crippen LogP contribution in [0.4, 0.5) is 0 Å². The van der Waals surface area contributed by atoms with E-state index in [1.165, 1.54) is 44.2 Å². The van der Waals surface area contributed by atoms with Crippen LogP contribution in [-0.4, -0.2) is 12.3 Å². The zero-order chi connectivity index (χ0) is 7.23. The van der Waals surface area contributed by atoms with Crippen molar-refractivity contribution in [1.29, 1.82) is 0 Å². The molecule has 0 fully saturated rings. The van der Waals surface area contributed by atoms with Gasteiger partial charge in [-0.25, -0.2) is 0 Å². The molecular weight excluding hydrogens is 122 g/mol. The molecule has 0 N–H and O–H groups in total. The largest absolute Gasteiger partial charge is 0.294 e. The lowest BCUT2D eigenvalue weighted by Crippen LogP contribution is -1.91. The molecule has 0 unspecified atom stereocenters. The summed E-state index contributed by atoms with van der Waals surface area (Å²) < 4.78 is 0. The van der Waals surface area contributed by atoms with Gasteiger partial charge in [-0.2, -0.15) is 0 Å². The second kappa shape index (κ2) is 4.48. The van der Waals surface area contributed by atoms with E-state index in [9.17, 15) is 0 Å². The molecule has 0 saturated heterocycles.